The van der Waals surface area contributed by atoms with Crippen molar-refractivity contribution in [3.8, 4) is 5.75 Å². The molecule has 0 atom stereocenters. The van der Waals surface area contributed by atoms with E-state index in [2.05, 4.69) is 16.5 Å². The van der Waals surface area contributed by atoms with Crippen LogP contribution in [0, 0.1) is 6.92 Å². The minimum absolute atomic E-state index is 0.526. The molecule has 0 aliphatic rings. The van der Waals surface area contributed by atoms with E-state index in [4.69, 9.17) is 21.9 Å². The highest BCUT2D eigenvalue weighted by atomic mass is 32.1. The lowest BCUT2D eigenvalue weighted by molar-refractivity contribution is 0.308. The number of benzene rings is 1. The molecule has 124 valence electrons. The summed E-state index contributed by atoms with van der Waals surface area (Å²) in [6.45, 7) is 2.54. The third kappa shape index (κ3) is 3.41. The van der Waals surface area contributed by atoms with Crippen molar-refractivity contribution < 1.29 is 4.74 Å². The van der Waals surface area contributed by atoms with Crippen LogP contribution in [0.4, 0.5) is 0 Å². The van der Waals surface area contributed by atoms with Gasteiger partial charge in [-0.2, -0.15) is 0 Å². The molecule has 0 radical (unpaired) electrons. The molecule has 0 amide bonds. The molecule has 0 unspecified atom stereocenters. The second-order valence-corrected chi connectivity index (χ2v) is 6.42. The highest BCUT2D eigenvalue weighted by Crippen LogP contribution is 2.23. The first kappa shape index (κ1) is 16.5. The Balaban J connectivity index is 1.89. The Kier molecular flexibility index (Phi) is 4.81. The molecule has 1 aromatic carbocycles. The minimum atomic E-state index is 0.526. The maximum Gasteiger partial charge on any atom is 0.180 e. The standard InChI is InChI=1S/C19H21N3OS/c1-14-16(12-18(24)21(2)3)22-11-7-10-17(19(22)20-14)23-13-15-8-5-4-6-9-15/h4-11H,12-13H2,1-3H3. The minimum Gasteiger partial charge on any atom is -0.485 e. The number of ether oxygens (including phenoxy) is 1. The summed E-state index contributed by atoms with van der Waals surface area (Å²) in [5.74, 6) is 0.784. The Morgan fingerprint density at radius 1 is 1.17 bits per heavy atom. The Labute approximate surface area is 147 Å². The predicted octanol–water partition coefficient (Wildman–Crippen LogP) is 3.65. The second-order valence-electron chi connectivity index (χ2n) is 5.95. The summed E-state index contributed by atoms with van der Waals surface area (Å²) in [5.41, 5.74) is 4.06. The van der Waals surface area contributed by atoms with Gasteiger partial charge in [0.15, 0.2) is 11.4 Å². The lowest BCUT2D eigenvalue weighted by Gasteiger charge is -2.14. The number of thiocarbonyl (C=S) groups is 1. The molecule has 0 fully saturated rings. The fourth-order valence-corrected chi connectivity index (χ4v) is 2.70. The molecule has 0 N–H and O–H groups in total. The molecule has 5 heteroatoms. The van der Waals surface area contributed by atoms with E-state index < -0.39 is 0 Å². The normalized spacial score (nSPS) is 10.8. The number of aromatic nitrogens is 2. The number of nitrogens with zero attached hydrogens (tertiary/aromatic N) is 3. The molecular weight excluding hydrogens is 318 g/mol. The number of imidazole rings is 1. The highest BCUT2D eigenvalue weighted by Gasteiger charge is 2.14. The molecule has 0 spiro atoms. The van der Waals surface area contributed by atoms with E-state index in [0.717, 1.165) is 33.3 Å². The summed E-state index contributed by atoms with van der Waals surface area (Å²) in [6.07, 6.45) is 2.70. The highest BCUT2D eigenvalue weighted by molar-refractivity contribution is 7.80. The lowest BCUT2D eigenvalue weighted by Crippen LogP contribution is -2.22. The van der Waals surface area contributed by atoms with Gasteiger partial charge in [-0.05, 0) is 24.6 Å². The van der Waals surface area contributed by atoms with Crippen LogP contribution in [0.25, 0.3) is 5.65 Å². The zero-order valence-electron chi connectivity index (χ0n) is 14.2. The van der Waals surface area contributed by atoms with Crippen molar-refractivity contribution in [3.63, 3.8) is 0 Å². The number of aryl methyl sites for hydroxylation is 1. The summed E-state index contributed by atoms with van der Waals surface area (Å²) < 4.78 is 8.07. The van der Waals surface area contributed by atoms with Gasteiger partial charge >= 0.3 is 0 Å². The first-order valence-corrected chi connectivity index (χ1v) is 8.30. The molecule has 0 bridgehead atoms. The molecular formula is C19H21N3OS. The van der Waals surface area contributed by atoms with E-state index in [1.165, 1.54) is 0 Å². The lowest BCUT2D eigenvalue weighted by atomic mass is 10.2. The first-order chi connectivity index (χ1) is 11.6. The molecule has 2 heterocycles. The molecule has 0 saturated carbocycles. The van der Waals surface area contributed by atoms with E-state index in [-0.39, 0.29) is 0 Å². The van der Waals surface area contributed by atoms with Crippen LogP contribution < -0.4 is 4.74 Å². The van der Waals surface area contributed by atoms with Gasteiger partial charge in [0.1, 0.15) is 6.61 Å². The number of hydrogen-bond donors (Lipinski definition) is 0. The van der Waals surface area contributed by atoms with Crippen molar-refractivity contribution in [2.24, 2.45) is 0 Å². The SMILES string of the molecule is Cc1nc2c(OCc3ccccc3)cccn2c1CC(=S)N(C)C. The van der Waals surface area contributed by atoms with Gasteiger partial charge in [-0.1, -0.05) is 42.5 Å². The molecule has 0 saturated heterocycles. The van der Waals surface area contributed by atoms with Gasteiger partial charge in [0, 0.05) is 26.7 Å². The number of hydrogen-bond acceptors (Lipinski definition) is 3. The molecule has 24 heavy (non-hydrogen) atoms. The molecule has 4 nitrogen and oxygen atoms in total. The Morgan fingerprint density at radius 3 is 2.62 bits per heavy atom. The van der Waals surface area contributed by atoms with Crippen LogP contribution in [-0.2, 0) is 13.0 Å². The van der Waals surface area contributed by atoms with E-state index in [1.807, 2.05) is 62.4 Å². The molecule has 3 rings (SSSR count). The predicted molar refractivity (Wildman–Crippen MR) is 101 cm³/mol. The van der Waals surface area contributed by atoms with Crippen LogP contribution in [0.1, 0.15) is 17.0 Å². The van der Waals surface area contributed by atoms with Crippen molar-refractivity contribution in [1.29, 1.82) is 0 Å². The average molecular weight is 339 g/mol. The Bertz CT molecular complexity index is 856. The van der Waals surface area contributed by atoms with Gasteiger partial charge in [-0.15, -0.1) is 0 Å². The maximum absolute atomic E-state index is 6.00. The van der Waals surface area contributed by atoms with E-state index in [1.54, 1.807) is 0 Å². The molecule has 0 aliphatic carbocycles. The maximum atomic E-state index is 6.00. The van der Waals surface area contributed by atoms with Crippen molar-refractivity contribution in [1.82, 2.24) is 14.3 Å². The summed E-state index contributed by atoms with van der Waals surface area (Å²) in [6, 6.07) is 14.1. The van der Waals surface area contributed by atoms with Crippen molar-refractivity contribution in [2.75, 3.05) is 14.1 Å². The zero-order chi connectivity index (χ0) is 17.1. The van der Waals surface area contributed by atoms with Gasteiger partial charge in [0.2, 0.25) is 0 Å². The zero-order valence-corrected chi connectivity index (χ0v) is 15.0. The van der Waals surface area contributed by atoms with Crippen LogP contribution in [0.15, 0.2) is 48.7 Å². The number of rotatable bonds is 5. The van der Waals surface area contributed by atoms with Crippen LogP contribution in [0.5, 0.6) is 5.75 Å². The van der Waals surface area contributed by atoms with E-state index >= 15 is 0 Å². The van der Waals surface area contributed by atoms with Crippen molar-refractivity contribution in [2.45, 2.75) is 20.0 Å². The van der Waals surface area contributed by atoms with Crippen molar-refractivity contribution in [3.05, 3.63) is 65.6 Å². The van der Waals surface area contributed by atoms with Crippen LogP contribution in [0.3, 0.4) is 0 Å². The smallest absolute Gasteiger partial charge is 0.180 e. The Hall–Kier alpha value is -2.40. The fraction of sp³-hybridized carbons (Fsp3) is 0.263. The van der Waals surface area contributed by atoms with Gasteiger partial charge in [-0.25, -0.2) is 4.98 Å². The van der Waals surface area contributed by atoms with Crippen molar-refractivity contribution >= 4 is 22.9 Å². The summed E-state index contributed by atoms with van der Waals surface area (Å²) in [5, 5.41) is 0. The number of pyridine rings is 1. The van der Waals surface area contributed by atoms with Gasteiger partial charge in [0.25, 0.3) is 0 Å². The largest absolute Gasteiger partial charge is 0.485 e. The van der Waals surface area contributed by atoms with Gasteiger partial charge in [-0.3, -0.25) is 0 Å². The average Bonchev–Trinajstić information content (AvgIpc) is 2.90. The Morgan fingerprint density at radius 2 is 1.92 bits per heavy atom. The third-order valence-corrected chi connectivity index (χ3v) is 4.48. The first-order valence-electron chi connectivity index (χ1n) is 7.89. The summed E-state index contributed by atoms with van der Waals surface area (Å²) in [7, 11) is 3.94. The molecule has 2 aromatic heterocycles. The van der Waals surface area contributed by atoms with Gasteiger partial charge in [0.05, 0.1) is 16.4 Å². The van der Waals surface area contributed by atoms with Crippen LogP contribution >= 0.6 is 12.2 Å². The topological polar surface area (TPSA) is 29.8 Å². The summed E-state index contributed by atoms with van der Waals surface area (Å²) >= 11 is 5.45. The monoisotopic (exact) mass is 339 g/mol. The quantitative estimate of drug-likeness (QED) is 0.664. The molecule has 0 aliphatic heterocycles. The van der Waals surface area contributed by atoms with Gasteiger partial charge < -0.3 is 14.0 Å². The van der Waals surface area contributed by atoms with Crippen LogP contribution in [0.2, 0.25) is 0 Å². The fourth-order valence-electron chi connectivity index (χ4n) is 2.57. The summed E-state index contributed by atoms with van der Waals surface area (Å²) in [4.78, 5) is 7.54. The number of fused-ring (bicyclic) bond motifs is 1. The number of likely N-dealkylation sites (N-methyl/N-ethyl adjacent to an activating group) is 1. The van der Waals surface area contributed by atoms with Crippen LogP contribution in [-0.4, -0.2) is 33.4 Å². The van der Waals surface area contributed by atoms with E-state index in [0.29, 0.717) is 13.0 Å². The second kappa shape index (κ2) is 7.01. The molecule has 3 aromatic rings. The van der Waals surface area contributed by atoms with E-state index in [9.17, 15) is 0 Å². The third-order valence-electron chi connectivity index (χ3n) is 3.97.